The molecule has 51 heavy (non-hydrogen) atoms. The Bertz CT molecular complexity index is 1030. The summed E-state index contributed by atoms with van der Waals surface area (Å²) in [5, 5.41) is 40.3. The fourth-order valence-corrected chi connectivity index (χ4v) is 4.72. The highest BCUT2D eigenvalue weighted by molar-refractivity contribution is 5.87. The van der Waals surface area contributed by atoms with Gasteiger partial charge >= 0.3 is 17.9 Å². The van der Waals surface area contributed by atoms with Gasteiger partial charge in [0.2, 0.25) is 23.6 Å². The van der Waals surface area contributed by atoms with Crippen molar-refractivity contribution in [3.8, 4) is 0 Å². The molecule has 0 aromatic rings. The van der Waals surface area contributed by atoms with Crippen LogP contribution in [-0.2, 0) is 43.0 Å². The Kier molecular flexibility index (Phi) is 29.7. The van der Waals surface area contributed by atoms with Crippen molar-refractivity contribution < 1.29 is 58.4 Å². The van der Waals surface area contributed by atoms with Crippen LogP contribution in [0.2, 0.25) is 0 Å². The van der Waals surface area contributed by atoms with Crippen molar-refractivity contribution in [2.75, 3.05) is 53.1 Å². The monoisotopic (exact) mass is 731 g/mol. The second kappa shape index (κ2) is 32.1. The van der Waals surface area contributed by atoms with E-state index in [0.29, 0.717) is 84.6 Å². The molecule has 0 aromatic carbocycles. The smallest absolute Gasteiger partial charge is 0.326 e. The van der Waals surface area contributed by atoms with Crippen LogP contribution in [0.1, 0.15) is 109 Å². The third-order valence-corrected chi connectivity index (χ3v) is 7.71. The molecular formula is C34H61N5O12. The summed E-state index contributed by atoms with van der Waals surface area (Å²) >= 11 is 0. The van der Waals surface area contributed by atoms with Crippen LogP contribution in [0, 0.1) is 0 Å². The van der Waals surface area contributed by atoms with Crippen molar-refractivity contribution >= 4 is 41.5 Å². The fourth-order valence-electron chi connectivity index (χ4n) is 4.72. The summed E-state index contributed by atoms with van der Waals surface area (Å²) in [4.78, 5) is 81.1. The number of nitrogens with one attached hydrogen (secondary N) is 5. The molecule has 0 bridgehead atoms. The average molecular weight is 732 g/mol. The SMILES string of the molecule is CN[C@@H](CCCCNC(=O)CC[C@H](NC(=O)CCC(=O)NCCCOCCCCOCCCNC(=O)CCCCCCC(=O)O)C(=O)O)C(=O)O. The number of unbranched alkanes of at least 4 members (excludes halogenated alkanes) is 5. The molecule has 0 spiro atoms. The Morgan fingerprint density at radius 1 is 0.471 bits per heavy atom. The van der Waals surface area contributed by atoms with Gasteiger partial charge in [-0.25, -0.2) is 4.79 Å². The Labute approximate surface area is 300 Å². The minimum atomic E-state index is -1.28. The van der Waals surface area contributed by atoms with Gasteiger partial charge in [-0.1, -0.05) is 12.8 Å². The fraction of sp³-hybridized carbons (Fsp3) is 0.794. The first-order valence-corrected chi connectivity index (χ1v) is 18.1. The third-order valence-electron chi connectivity index (χ3n) is 7.71. The number of carbonyl (C=O) groups excluding carboxylic acids is 4. The highest BCUT2D eigenvalue weighted by Crippen LogP contribution is 2.06. The number of hydrogen-bond donors (Lipinski definition) is 8. The number of carbonyl (C=O) groups is 7. The molecule has 294 valence electrons. The van der Waals surface area contributed by atoms with E-state index in [0.717, 1.165) is 38.5 Å². The molecule has 8 N–H and O–H groups in total. The molecule has 0 aliphatic heterocycles. The third kappa shape index (κ3) is 30.7. The molecule has 0 aliphatic carbocycles. The van der Waals surface area contributed by atoms with E-state index in [-0.39, 0.29) is 49.8 Å². The molecule has 0 aliphatic rings. The number of carboxylic acid groups (broad SMARTS) is 3. The highest BCUT2D eigenvalue weighted by atomic mass is 16.5. The van der Waals surface area contributed by atoms with E-state index in [1.165, 1.54) is 0 Å². The summed E-state index contributed by atoms with van der Waals surface area (Å²) in [6, 6.07) is -1.92. The first kappa shape index (κ1) is 47.2. The molecule has 0 heterocycles. The van der Waals surface area contributed by atoms with E-state index in [1.807, 2.05) is 0 Å². The van der Waals surface area contributed by atoms with E-state index in [1.54, 1.807) is 7.05 Å². The number of rotatable bonds is 35. The lowest BCUT2D eigenvalue weighted by atomic mass is 10.1. The van der Waals surface area contributed by atoms with Gasteiger partial charge in [-0.05, 0) is 71.3 Å². The van der Waals surface area contributed by atoms with Gasteiger partial charge in [0.25, 0.3) is 0 Å². The zero-order chi connectivity index (χ0) is 38.1. The number of carboxylic acids is 3. The summed E-state index contributed by atoms with van der Waals surface area (Å²) in [6.45, 7) is 3.41. The molecule has 0 fully saturated rings. The maximum Gasteiger partial charge on any atom is 0.326 e. The van der Waals surface area contributed by atoms with Crippen molar-refractivity contribution in [1.29, 1.82) is 0 Å². The van der Waals surface area contributed by atoms with E-state index in [9.17, 15) is 38.7 Å². The normalized spacial score (nSPS) is 12.0. The predicted molar refractivity (Wildman–Crippen MR) is 187 cm³/mol. The van der Waals surface area contributed by atoms with Crippen LogP contribution in [-0.4, -0.2) is 122 Å². The molecule has 0 aromatic heterocycles. The lowest BCUT2D eigenvalue weighted by Gasteiger charge is -2.15. The van der Waals surface area contributed by atoms with Crippen molar-refractivity contribution in [3.63, 3.8) is 0 Å². The van der Waals surface area contributed by atoms with Crippen molar-refractivity contribution in [2.24, 2.45) is 0 Å². The van der Waals surface area contributed by atoms with Crippen LogP contribution in [0.4, 0.5) is 0 Å². The summed E-state index contributed by atoms with van der Waals surface area (Å²) in [5.74, 6) is -4.34. The van der Waals surface area contributed by atoms with Gasteiger partial charge in [0, 0.05) is 78.2 Å². The standard InChI is InChI=1S/C34H61N5O12/c1-35-26(33(46)47)12-6-7-19-36-29(41)16-15-27(34(48)49)39-31(43)18-17-30(42)38-21-11-25-51-23-9-8-22-50-24-10-20-37-28(40)13-4-2-3-5-14-32(44)45/h26-27,35H,2-25H2,1H3,(H,36,41)(H,37,40)(H,38,42)(H,39,43)(H,44,45)(H,46,47)(H,48,49)/t26-,27-/m0/s1. The van der Waals surface area contributed by atoms with E-state index in [4.69, 9.17) is 19.7 Å². The van der Waals surface area contributed by atoms with Gasteiger partial charge in [0.05, 0.1) is 0 Å². The quantitative estimate of drug-likeness (QED) is 0.0429. The number of likely N-dealkylation sites (N-methyl/N-ethyl adjacent to an activating group) is 1. The lowest BCUT2D eigenvalue weighted by Crippen LogP contribution is -2.42. The second-order valence-corrected chi connectivity index (χ2v) is 12.2. The summed E-state index contributed by atoms with van der Waals surface area (Å²) in [5.41, 5.74) is 0. The summed E-state index contributed by atoms with van der Waals surface area (Å²) < 4.78 is 11.1. The van der Waals surface area contributed by atoms with Gasteiger partial charge in [-0.2, -0.15) is 0 Å². The first-order valence-electron chi connectivity index (χ1n) is 18.1. The zero-order valence-corrected chi connectivity index (χ0v) is 30.1. The van der Waals surface area contributed by atoms with Crippen LogP contribution in [0.15, 0.2) is 0 Å². The van der Waals surface area contributed by atoms with Gasteiger partial charge in [0.15, 0.2) is 0 Å². The molecule has 0 saturated heterocycles. The van der Waals surface area contributed by atoms with Gasteiger partial charge < -0.3 is 51.4 Å². The van der Waals surface area contributed by atoms with Crippen LogP contribution in [0.25, 0.3) is 0 Å². The van der Waals surface area contributed by atoms with Gasteiger partial charge in [0.1, 0.15) is 12.1 Å². The van der Waals surface area contributed by atoms with E-state index < -0.39 is 35.9 Å². The molecule has 0 rings (SSSR count). The van der Waals surface area contributed by atoms with E-state index >= 15 is 0 Å². The minimum Gasteiger partial charge on any atom is -0.481 e. The number of hydrogen-bond acceptors (Lipinski definition) is 10. The Morgan fingerprint density at radius 2 is 0.941 bits per heavy atom. The second-order valence-electron chi connectivity index (χ2n) is 12.2. The van der Waals surface area contributed by atoms with Crippen molar-refractivity contribution in [3.05, 3.63) is 0 Å². The summed E-state index contributed by atoms with van der Waals surface area (Å²) in [7, 11) is 1.56. The Morgan fingerprint density at radius 3 is 1.47 bits per heavy atom. The first-order chi connectivity index (χ1) is 24.5. The molecule has 0 unspecified atom stereocenters. The van der Waals surface area contributed by atoms with Crippen molar-refractivity contribution in [2.45, 2.75) is 121 Å². The molecule has 17 heteroatoms. The number of aliphatic carboxylic acids is 3. The molecule has 2 atom stereocenters. The van der Waals surface area contributed by atoms with E-state index in [2.05, 4.69) is 26.6 Å². The number of amides is 4. The van der Waals surface area contributed by atoms with Crippen molar-refractivity contribution in [1.82, 2.24) is 26.6 Å². The minimum absolute atomic E-state index is 0.000621. The van der Waals surface area contributed by atoms with Gasteiger partial charge in [-0.15, -0.1) is 0 Å². The van der Waals surface area contributed by atoms with Gasteiger partial charge in [-0.3, -0.25) is 28.8 Å². The zero-order valence-electron chi connectivity index (χ0n) is 30.1. The molecule has 17 nitrogen and oxygen atoms in total. The highest BCUT2D eigenvalue weighted by Gasteiger charge is 2.21. The largest absolute Gasteiger partial charge is 0.481 e. The Hall–Kier alpha value is -3.83. The average Bonchev–Trinajstić information content (AvgIpc) is 3.08. The van der Waals surface area contributed by atoms with Crippen LogP contribution in [0.5, 0.6) is 0 Å². The Balaban J connectivity index is 3.73. The maximum atomic E-state index is 12.2. The molecule has 4 amide bonds. The topological polar surface area (TPSA) is 259 Å². The molecular weight excluding hydrogens is 670 g/mol. The maximum absolute atomic E-state index is 12.2. The summed E-state index contributed by atoms with van der Waals surface area (Å²) in [6.07, 6.45) is 7.67. The van der Waals surface area contributed by atoms with Crippen LogP contribution >= 0.6 is 0 Å². The van der Waals surface area contributed by atoms with Crippen LogP contribution in [0.3, 0.4) is 0 Å². The number of ether oxygens (including phenoxy) is 2. The lowest BCUT2D eigenvalue weighted by molar-refractivity contribution is -0.142. The van der Waals surface area contributed by atoms with Crippen LogP contribution < -0.4 is 26.6 Å². The molecule has 0 radical (unpaired) electrons. The predicted octanol–water partition coefficient (Wildman–Crippen LogP) is 1.33. The molecule has 0 saturated carbocycles.